The molecule has 2 aromatic rings. The van der Waals surface area contributed by atoms with Crippen LogP contribution in [0.1, 0.15) is 32.8 Å². The Labute approximate surface area is 187 Å². The molecule has 2 aliphatic rings. The third-order valence-electron chi connectivity index (χ3n) is 6.50. The number of nitrogens with two attached hydrogens (primary N) is 1. The Bertz CT molecular complexity index is 1190. The van der Waals surface area contributed by atoms with E-state index in [1.807, 2.05) is 63.3 Å². The molecule has 2 unspecified atom stereocenters. The molecule has 2 aromatic carbocycles. The molecule has 1 heterocycles. The summed E-state index contributed by atoms with van der Waals surface area (Å²) in [6.45, 7) is 5.88. The van der Waals surface area contributed by atoms with Crippen molar-refractivity contribution in [2.75, 3.05) is 0 Å². The summed E-state index contributed by atoms with van der Waals surface area (Å²) in [5, 5.41) is 10.2. The number of rotatable bonds is 4. The van der Waals surface area contributed by atoms with Crippen molar-refractivity contribution >= 4 is 11.7 Å². The number of benzene rings is 2. The van der Waals surface area contributed by atoms with Gasteiger partial charge in [0.05, 0.1) is 17.3 Å². The number of halogens is 1. The van der Waals surface area contributed by atoms with Crippen molar-refractivity contribution in [1.82, 2.24) is 0 Å². The summed E-state index contributed by atoms with van der Waals surface area (Å²) in [6, 6.07) is 14.1. The zero-order valence-electron chi connectivity index (χ0n) is 18.5. The second-order valence-corrected chi connectivity index (χ2v) is 9.30. The molecule has 4 nitrogen and oxygen atoms in total. The van der Waals surface area contributed by atoms with Crippen molar-refractivity contribution in [1.29, 1.82) is 0 Å². The van der Waals surface area contributed by atoms with Crippen LogP contribution in [0.4, 0.5) is 4.39 Å². The van der Waals surface area contributed by atoms with E-state index >= 15 is 0 Å². The van der Waals surface area contributed by atoms with E-state index in [-0.39, 0.29) is 11.2 Å². The minimum Gasteiger partial charge on any atom is -0.481 e. The number of allylic oxidation sites excluding steroid dienone is 3. The van der Waals surface area contributed by atoms with Crippen LogP contribution in [0.2, 0.25) is 0 Å². The van der Waals surface area contributed by atoms with Crippen LogP contribution in [0.25, 0.3) is 11.1 Å². The smallest absolute Gasteiger partial charge is 0.311 e. The summed E-state index contributed by atoms with van der Waals surface area (Å²) in [4.78, 5) is 17.4. The maximum absolute atomic E-state index is 14.2. The Morgan fingerprint density at radius 2 is 1.78 bits per heavy atom. The first-order valence-corrected chi connectivity index (χ1v) is 10.7. The fourth-order valence-corrected chi connectivity index (χ4v) is 4.86. The molecule has 164 valence electrons. The molecule has 2 atom stereocenters. The molecule has 0 aromatic heterocycles. The second kappa shape index (κ2) is 7.90. The van der Waals surface area contributed by atoms with E-state index in [1.54, 1.807) is 18.2 Å². The van der Waals surface area contributed by atoms with Gasteiger partial charge in [0.1, 0.15) is 5.82 Å². The highest BCUT2D eigenvalue weighted by Crippen LogP contribution is 2.49. The second-order valence-electron chi connectivity index (χ2n) is 9.30. The number of carboxylic acids is 1. The van der Waals surface area contributed by atoms with Gasteiger partial charge >= 0.3 is 5.97 Å². The predicted octanol–water partition coefficient (Wildman–Crippen LogP) is 5.72. The van der Waals surface area contributed by atoms with Crippen molar-refractivity contribution in [2.24, 2.45) is 27.5 Å². The lowest BCUT2D eigenvalue weighted by Gasteiger charge is -2.42. The molecule has 1 aliphatic heterocycles. The standard InChI is InChI=1S/C27H27FN2O2/c1-26(2)23(25(31)32)20-16-27(3,14-15-29)13-12-22(20)30-24(26)18-10-8-17(9-11-18)19-6-4-5-7-21(19)28/h4-15,23H,16,29H2,1-3H3,(H,31,32)/b15-14+. The van der Waals surface area contributed by atoms with Gasteiger partial charge in [0.15, 0.2) is 0 Å². The quantitative estimate of drug-likeness (QED) is 0.652. The van der Waals surface area contributed by atoms with Gasteiger partial charge in [-0.1, -0.05) is 75.4 Å². The zero-order chi connectivity index (χ0) is 23.1. The molecule has 0 amide bonds. The normalized spacial score (nSPS) is 24.4. The first kappa shape index (κ1) is 21.8. The van der Waals surface area contributed by atoms with Gasteiger partial charge in [-0.25, -0.2) is 4.39 Å². The average Bonchev–Trinajstić information content (AvgIpc) is 2.73. The van der Waals surface area contributed by atoms with Gasteiger partial charge in [0, 0.05) is 16.4 Å². The van der Waals surface area contributed by atoms with Crippen molar-refractivity contribution in [3.8, 4) is 11.1 Å². The highest BCUT2D eigenvalue weighted by molar-refractivity contribution is 6.08. The van der Waals surface area contributed by atoms with Crippen molar-refractivity contribution < 1.29 is 14.3 Å². The van der Waals surface area contributed by atoms with Gasteiger partial charge in [-0.15, -0.1) is 0 Å². The summed E-state index contributed by atoms with van der Waals surface area (Å²) in [5.41, 5.74) is 8.90. The van der Waals surface area contributed by atoms with Crippen LogP contribution in [-0.4, -0.2) is 16.8 Å². The van der Waals surface area contributed by atoms with Gasteiger partial charge in [-0.05, 0) is 41.5 Å². The first-order valence-electron chi connectivity index (χ1n) is 10.7. The largest absolute Gasteiger partial charge is 0.481 e. The van der Waals surface area contributed by atoms with Gasteiger partial charge < -0.3 is 10.8 Å². The molecule has 0 saturated heterocycles. The minimum atomic E-state index is -0.868. The number of carboxylic acid groups (broad SMARTS) is 1. The van der Waals surface area contributed by atoms with E-state index in [0.29, 0.717) is 23.4 Å². The summed E-state index contributed by atoms with van der Waals surface area (Å²) >= 11 is 0. The summed E-state index contributed by atoms with van der Waals surface area (Å²) in [6.07, 6.45) is 7.87. The lowest BCUT2D eigenvalue weighted by Crippen LogP contribution is -2.43. The van der Waals surface area contributed by atoms with Crippen LogP contribution < -0.4 is 5.73 Å². The molecule has 1 aliphatic carbocycles. The van der Waals surface area contributed by atoms with Gasteiger partial charge in [0.2, 0.25) is 0 Å². The molecule has 32 heavy (non-hydrogen) atoms. The molecule has 0 spiro atoms. The first-order chi connectivity index (χ1) is 15.2. The van der Waals surface area contributed by atoms with Crippen molar-refractivity contribution in [3.05, 3.63) is 95.6 Å². The molecular weight excluding hydrogens is 403 g/mol. The van der Waals surface area contributed by atoms with E-state index in [2.05, 4.69) is 0 Å². The lowest BCUT2D eigenvalue weighted by molar-refractivity contribution is -0.142. The van der Waals surface area contributed by atoms with Gasteiger partial charge in [0.25, 0.3) is 0 Å². The number of aliphatic carboxylic acids is 1. The molecule has 0 fully saturated rings. The van der Waals surface area contributed by atoms with Crippen LogP contribution in [0.3, 0.4) is 0 Å². The number of hydrogen-bond acceptors (Lipinski definition) is 3. The molecule has 5 heteroatoms. The van der Waals surface area contributed by atoms with Gasteiger partial charge in [-0.3, -0.25) is 9.79 Å². The van der Waals surface area contributed by atoms with E-state index < -0.39 is 17.3 Å². The monoisotopic (exact) mass is 430 g/mol. The Hall–Kier alpha value is -3.47. The van der Waals surface area contributed by atoms with Crippen LogP contribution in [0, 0.1) is 22.6 Å². The van der Waals surface area contributed by atoms with Crippen molar-refractivity contribution in [3.63, 3.8) is 0 Å². The molecule has 4 rings (SSSR count). The van der Waals surface area contributed by atoms with Gasteiger partial charge in [-0.2, -0.15) is 0 Å². The maximum Gasteiger partial charge on any atom is 0.311 e. The number of hydrogen-bond donors (Lipinski definition) is 2. The molecule has 0 radical (unpaired) electrons. The molecular formula is C27H27FN2O2. The number of carbonyl (C=O) groups is 1. The van der Waals surface area contributed by atoms with Crippen molar-refractivity contribution in [2.45, 2.75) is 27.2 Å². The van der Waals surface area contributed by atoms with E-state index in [4.69, 9.17) is 10.7 Å². The van der Waals surface area contributed by atoms with E-state index in [1.165, 1.54) is 12.3 Å². The number of aliphatic imine (C=N–C) groups is 1. The Kier molecular flexibility index (Phi) is 5.37. The maximum atomic E-state index is 14.2. The third kappa shape index (κ3) is 3.68. The summed E-state index contributed by atoms with van der Waals surface area (Å²) in [7, 11) is 0. The minimum absolute atomic E-state index is 0.279. The van der Waals surface area contributed by atoms with Crippen LogP contribution >= 0.6 is 0 Å². The van der Waals surface area contributed by atoms with Crippen LogP contribution in [0.5, 0.6) is 0 Å². The average molecular weight is 431 g/mol. The Morgan fingerprint density at radius 1 is 1.12 bits per heavy atom. The van der Waals surface area contributed by atoms with E-state index in [9.17, 15) is 14.3 Å². The number of nitrogens with zero attached hydrogens (tertiary/aromatic N) is 1. The van der Waals surface area contributed by atoms with E-state index in [0.717, 1.165) is 16.7 Å². The fourth-order valence-electron chi connectivity index (χ4n) is 4.86. The summed E-state index contributed by atoms with van der Waals surface area (Å²) in [5.74, 6) is -1.86. The topological polar surface area (TPSA) is 75.7 Å². The molecule has 0 saturated carbocycles. The van der Waals surface area contributed by atoms with Crippen LogP contribution in [-0.2, 0) is 4.79 Å². The summed E-state index contributed by atoms with van der Waals surface area (Å²) < 4.78 is 14.2. The predicted molar refractivity (Wildman–Crippen MR) is 125 cm³/mol. The SMILES string of the molecule is CC1(/C=C/N)C=CC2=C(C1)C(C(=O)O)C(C)(C)C(c1ccc(-c3ccccc3F)cc1)=N2. The fraction of sp³-hybridized carbons (Fsp3) is 0.259. The highest BCUT2D eigenvalue weighted by Gasteiger charge is 2.47. The van der Waals surface area contributed by atoms with Crippen LogP contribution in [0.15, 0.2) is 89.2 Å². The Balaban J connectivity index is 1.79. The lowest BCUT2D eigenvalue weighted by atomic mass is 9.63. The third-order valence-corrected chi connectivity index (χ3v) is 6.50. The Morgan fingerprint density at radius 3 is 2.41 bits per heavy atom. The highest BCUT2D eigenvalue weighted by atomic mass is 19.1. The molecule has 3 N–H and O–H groups in total. The molecule has 0 bridgehead atoms. The zero-order valence-corrected chi connectivity index (χ0v) is 18.5.